The second kappa shape index (κ2) is 7.49. The van der Waals surface area contributed by atoms with E-state index in [-0.39, 0.29) is 5.91 Å². The maximum absolute atomic E-state index is 12.1. The van der Waals surface area contributed by atoms with Crippen molar-refractivity contribution >= 4 is 23.2 Å². The number of pyridine rings is 1. The molecular weight excluding hydrogens is 322 g/mol. The Morgan fingerprint density at radius 3 is 2.79 bits per heavy atom. The largest absolute Gasteiger partial charge is 0.350 e. The lowest BCUT2D eigenvalue weighted by Crippen LogP contribution is -2.23. The highest BCUT2D eigenvalue weighted by atomic mass is 35.5. The van der Waals surface area contributed by atoms with Crippen molar-refractivity contribution in [1.82, 2.24) is 14.7 Å². The summed E-state index contributed by atoms with van der Waals surface area (Å²) in [6, 6.07) is 13.6. The van der Waals surface area contributed by atoms with E-state index in [2.05, 4.69) is 10.3 Å². The molecule has 1 aromatic carbocycles. The number of amides is 1. The molecule has 2 heterocycles. The molecule has 24 heavy (non-hydrogen) atoms. The fourth-order valence-electron chi connectivity index (χ4n) is 2.75. The lowest BCUT2D eigenvalue weighted by molar-refractivity contribution is -0.121. The number of hydrogen-bond acceptors (Lipinski definition) is 2. The van der Waals surface area contributed by atoms with Gasteiger partial charge in [-0.05, 0) is 49.6 Å². The smallest absolute Gasteiger partial charge is 0.220 e. The highest BCUT2D eigenvalue weighted by Gasteiger charge is 2.09. The summed E-state index contributed by atoms with van der Waals surface area (Å²) in [7, 11) is 0. The Morgan fingerprint density at radius 1 is 1.21 bits per heavy atom. The fourth-order valence-corrected chi connectivity index (χ4v) is 2.88. The molecular formula is C19H20ClN3O. The number of halogens is 1. The van der Waals surface area contributed by atoms with E-state index in [1.54, 1.807) is 0 Å². The number of carbonyl (C=O) groups is 1. The van der Waals surface area contributed by atoms with Crippen LogP contribution >= 0.6 is 11.6 Å². The standard InChI is InChI=1S/C19H20ClN3O/c1-14-17(23-12-3-2-6-18(23)22-14)13-21-19(24)7-4-5-15-8-10-16(20)11-9-15/h2-3,6,8-12H,4-5,7,13H2,1H3,(H,21,24). The number of carbonyl (C=O) groups excluding carboxylic acids is 1. The Morgan fingerprint density at radius 2 is 2.00 bits per heavy atom. The van der Waals surface area contributed by atoms with Crippen LogP contribution in [0.5, 0.6) is 0 Å². The van der Waals surface area contributed by atoms with Crippen molar-refractivity contribution in [2.24, 2.45) is 0 Å². The van der Waals surface area contributed by atoms with Gasteiger partial charge in [-0.1, -0.05) is 29.8 Å². The van der Waals surface area contributed by atoms with Crippen LogP contribution in [-0.4, -0.2) is 15.3 Å². The molecule has 4 nitrogen and oxygen atoms in total. The van der Waals surface area contributed by atoms with Crippen LogP contribution in [0.1, 0.15) is 29.8 Å². The van der Waals surface area contributed by atoms with Crippen LogP contribution in [0.4, 0.5) is 0 Å². The maximum atomic E-state index is 12.1. The molecule has 0 saturated heterocycles. The zero-order chi connectivity index (χ0) is 16.9. The molecule has 5 heteroatoms. The number of benzene rings is 1. The number of aryl methyl sites for hydroxylation is 2. The van der Waals surface area contributed by atoms with E-state index in [1.807, 2.05) is 60.0 Å². The van der Waals surface area contributed by atoms with E-state index in [0.717, 1.165) is 34.9 Å². The Balaban J connectivity index is 1.50. The lowest BCUT2D eigenvalue weighted by Gasteiger charge is -2.07. The van der Waals surface area contributed by atoms with Gasteiger partial charge in [0.1, 0.15) is 5.65 Å². The molecule has 3 aromatic rings. The highest BCUT2D eigenvalue weighted by Crippen LogP contribution is 2.13. The first-order valence-electron chi connectivity index (χ1n) is 8.07. The van der Waals surface area contributed by atoms with Gasteiger partial charge in [0.15, 0.2) is 0 Å². The van der Waals surface area contributed by atoms with Crippen molar-refractivity contribution in [2.45, 2.75) is 32.7 Å². The third-order valence-corrected chi connectivity index (χ3v) is 4.32. The Kier molecular flexibility index (Phi) is 5.16. The Bertz CT molecular complexity index is 839. The van der Waals surface area contributed by atoms with Gasteiger partial charge in [-0.25, -0.2) is 4.98 Å². The third-order valence-electron chi connectivity index (χ3n) is 4.06. The van der Waals surface area contributed by atoms with Gasteiger partial charge in [0.25, 0.3) is 0 Å². The molecule has 0 aliphatic heterocycles. The SMILES string of the molecule is Cc1nc2ccccn2c1CNC(=O)CCCc1ccc(Cl)cc1. The Labute approximate surface area is 146 Å². The van der Waals surface area contributed by atoms with Crippen molar-refractivity contribution in [3.05, 3.63) is 70.6 Å². The predicted octanol–water partition coefficient (Wildman–Crippen LogP) is 3.94. The highest BCUT2D eigenvalue weighted by molar-refractivity contribution is 6.30. The number of hydrogen-bond donors (Lipinski definition) is 1. The number of aromatic nitrogens is 2. The summed E-state index contributed by atoms with van der Waals surface area (Å²) < 4.78 is 2.02. The molecule has 3 rings (SSSR count). The van der Waals surface area contributed by atoms with Gasteiger partial charge in [-0.2, -0.15) is 0 Å². The molecule has 0 atom stereocenters. The number of imidazole rings is 1. The lowest BCUT2D eigenvalue weighted by atomic mass is 10.1. The van der Waals surface area contributed by atoms with Crippen LogP contribution in [0.25, 0.3) is 5.65 Å². The minimum atomic E-state index is 0.0641. The van der Waals surface area contributed by atoms with E-state index in [4.69, 9.17) is 11.6 Å². The predicted molar refractivity (Wildman–Crippen MR) is 96.2 cm³/mol. The monoisotopic (exact) mass is 341 g/mol. The summed E-state index contributed by atoms with van der Waals surface area (Å²) >= 11 is 5.87. The van der Waals surface area contributed by atoms with Crippen LogP contribution in [0.2, 0.25) is 5.02 Å². The number of fused-ring (bicyclic) bond motifs is 1. The first kappa shape index (κ1) is 16.5. The maximum Gasteiger partial charge on any atom is 0.220 e. The summed E-state index contributed by atoms with van der Waals surface area (Å²) in [5.74, 6) is 0.0641. The summed E-state index contributed by atoms with van der Waals surface area (Å²) in [5.41, 5.74) is 4.08. The quantitative estimate of drug-likeness (QED) is 0.738. The molecule has 0 aliphatic rings. The average Bonchev–Trinajstić information content (AvgIpc) is 2.90. The molecule has 0 radical (unpaired) electrons. The van der Waals surface area contributed by atoms with E-state index in [1.165, 1.54) is 5.56 Å². The summed E-state index contributed by atoms with van der Waals surface area (Å²) in [5, 5.41) is 3.73. The molecule has 2 aromatic heterocycles. The third kappa shape index (κ3) is 3.95. The zero-order valence-corrected chi connectivity index (χ0v) is 14.4. The minimum absolute atomic E-state index is 0.0641. The van der Waals surface area contributed by atoms with Gasteiger partial charge < -0.3 is 9.72 Å². The molecule has 1 amide bonds. The van der Waals surface area contributed by atoms with Crippen molar-refractivity contribution in [3.63, 3.8) is 0 Å². The molecule has 0 aliphatic carbocycles. The molecule has 0 spiro atoms. The molecule has 0 fully saturated rings. The molecule has 1 N–H and O–H groups in total. The topological polar surface area (TPSA) is 46.4 Å². The van der Waals surface area contributed by atoms with Crippen molar-refractivity contribution in [1.29, 1.82) is 0 Å². The molecule has 0 unspecified atom stereocenters. The number of nitrogens with zero attached hydrogens (tertiary/aromatic N) is 2. The molecule has 124 valence electrons. The Hall–Kier alpha value is -2.33. The average molecular weight is 342 g/mol. The first-order valence-corrected chi connectivity index (χ1v) is 8.45. The minimum Gasteiger partial charge on any atom is -0.350 e. The van der Waals surface area contributed by atoms with Gasteiger partial charge in [0.2, 0.25) is 5.91 Å². The normalized spacial score (nSPS) is 10.9. The van der Waals surface area contributed by atoms with Crippen LogP contribution in [0.15, 0.2) is 48.7 Å². The summed E-state index contributed by atoms with van der Waals surface area (Å²) in [4.78, 5) is 16.6. The van der Waals surface area contributed by atoms with Gasteiger partial charge in [0, 0.05) is 17.6 Å². The van der Waals surface area contributed by atoms with Crippen LogP contribution in [-0.2, 0) is 17.8 Å². The van der Waals surface area contributed by atoms with E-state index in [9.17, 15) is 4.79 Å². The fraction of sp³-hybridized carbons (Fsp3) is 0.263. The summed E-state index contributed by atoms with van der Waals surface area (Å²) in [6.07, 6.45) is 4.18. The van der Waals surface area contributed by atoms with Gasteiger partial charge in [0.05, 0.1) is 17.9 Å². The van der Waals surface area contributed by atoms with Crippen molar-refractivity contribution in [3.8, 4) is 0 Å². The second-order valence-electron chi connectivity index (χ2n) is 5.83. The van der Waals surface area contributed by atoms with Gasteiger partial charge in [-0.3, -0.25) is 4.79 Å². The number of rotatable bonds is 6. The molecule has 0 bridgehead atoms. The van der Waals surface area contributed by atoms with Gasteiger partial charge >= 0.3 is 0 Å². The van der Waals surface area contributed by atoms with E-state index >= 15 is 0 Å². The molecule has 0 saturated carbocycles. The number of nitrogens with one attached hydrogen (secondary N) is 1. The van der Waals surface area contributed by atoms with Crippen molar-refractivity contribution < 1.29 is 4.79 Å². The second-order valence-corrected chi connectivity index (χ2v) is 6.27. The van der Waals surface area contributed by atoms with Gasteiger partial charge in [-0.15, -0.1) is 0 Å². The van der Waals surface area contributed by atoms with E-state index < -0.39 is 0 Å². The van der Waals surface area contributed by atoms with Crippen LogP contribution in [0, 0.1) is 6.92 Å². The summed E-state index contributed by atoms with van der Waals surface area (Å²) in [6.45, 7) is 2.46. The zero-order valence-electron chi connectivity index (χ0n) is 13.6. The van der Waals surface area contributed by atoms with E-state index in [0.29, 0.717) is 13.0 Å². The van der Waals surface area contributed by atoms with Crippen LogP contribution < -0.4 is 5.32 Å². The first-order chi connectivity index (χ1) is 11.6. The van der Waals surface area contributed by atoms with Crippen LogP contribution in [0.3, 0.4) is 0 Å². The van der Waals surface area contributed by atoms with Crippen molar-refractivity contribution in [2.75, 3.05) is 0 Å².